The van der Waals surface area contributed by atoms with Crippen molar-refractivity contribution in [3.05, 3.63) is 78.1 Å². The highest BCUT2D eigenvalue weighted by Crippen LogP contribution is 2.37. The van der Waals surface area contributed by atoms with Crippen LogP contribution in [0.4, 0.5) is 0 Å². The van der Waals surface area contributed by atoms with Crippen LogP contribution in [0.15, 0.2) is 66.9 Å². The third kappa shape index (κ3) is 4.31. The van der Waals surface area contributed by atoms with Crippen LogP contribution in [-0.2, 0) is 17.8 Å². The van der Waals surface area contributed by atoms with Gasteiger partial charge in [0.05, 0.1) is 5.41 Å². The summed E-state index contributed by atoms with van der Waals surface area (Å²) in [6, 6.07) is 20.4. The van der Waals surface area contributed by atoms with Crippen molar-refractivity contribution in [2.75, 3.05) is 27.2 Å². The summed E-state index contributed by atoms with van der Waals surface area (Å²) in [7, 11) is 3.58. The number of rotatable bonds is 6. The van der Waals surface area contributed by atoms with Crippen LogP contribution in [0.5, 0.6) is 0 Å². The Morgan fingerprint density at radius 2 is 1.78 bits per heavy atom. The number of likely N-dealkylation sites (tertiary alicyclic amines) is 1. The quantitative estimate of drug-likeness (QED) is 0.599. The number of benzene rings is 2. The zero-order chi connectivity index (χ0) is 22.7. The van der Waals surface area contributed by atoms with E-state index in [9.17, 15) is 9.59 Å². The lowest BCUT2D eigenvalue weighted by molar-refractivity contribution is -0.138. The maximum atomic E-state index is 13.3. The number of nitrogens with zero attached hydrogens (tertiary/aromatic N) is 4. The van der Waals surface area contributed by atoms with Crippen molar-refractivity contribution in [1.82, 2.24) is 19.6 Å². The SMILES string of the molecule is CCn1ccc(C(=O)N2CC[C@@](Cc3cccc(-c4ccccc4)c3)(C(=O)N(C)C)C2)n1. The third-order valence-corrected chi connectivity index (χ3v) is 6.26. The fourth-order valence-corrected chi connectivity index (χ4v) is 4.61. The molecule has 4 rings (SSSR count). The minimum atomic E-state index is -0.637. The lowest BCUT2D eigenvalue weighted by Gasteiger charge is -2.31. The number of amides is 2. The molecule has 1 aliphatic heterocycles. The highest BCUT2D eigenvalue weighted by Gasteiger charge is 2.47. The average molecular weight is 431 g/mol. The average Bonchev–Trinajstić information content (AvgIpc) is 3.47. The lowest BCUT2D eigenvalue weighted by Crippen LogP contribution is -2.44. The molecule has 0 spiro atoms. The highest BCUT2D eigenvalue weighted by atomic mass is 16.2. The molecule has 3 aromatic rings. The minimum Gasteiger partial charge on any atom is -0.348 e. The van der Waals surface area contributed by atoms with Gasteiger partial charge in [-0.2, -0.15) is 5.10 Å². The Balaban J connectivity index is 1.60. The van der Waals surface area contributed by atoms with Crippen LogP contribution >= 0.6 is 0 Å². The van der Waals surface area contributed by atoms with Gasteiger partial charge in [0.1, 0.15) is 5.69 Å². The van der Waals surface area contributed by atoms with Gasteiger partial charge in [-0.3, -0.25) is 14.3 Å². The van der Waals surface area contributed by atoms with Crippen LogP contribution in [0.3, 0.4) is 0 Å². The van der Waals surface area contributed by atoms with Gasteiger partial charge in [-0.15, -0.1) is 0 Å². The molecule has 0 aliphatic carbocycles. The second kappa shape index (κ2) is 8.99. The van der Waals surface area contributed by atoms with Gasteiger partial charge in [0.2, 0.25) is 5.91 Å². The third-order valence-electron chi connectivity index (χ3n) is 6.26. The molecule has 0 radical (unpaired) electrons. The Kier molecular flexibility index (Phi) is 6.12. The molecule has 1 aromatic heterocycles. The first-order valence-corrected chi connectivity index (χ1v) is 11.1. The van der Waals surface area contributed by atoms with Crippen molar-refractivity contribution in [2.45, 2.75) is 26.3 Å². The van der Waals surface area contributed by atoms with Crippen molar-refractivity contribution < 1.29 is 9.59 Å². The minimum absolute atomic E-state index is 0.0667. The number of carbonyl (C=O) groups excluding carboxylic acids is 2. The van der Waals surface area contributed by atoms with Gasteiger partial charge in [-0.25, -0.2) is 0 Å². The van der Waals surface area contributed by atoms with E-state index in [4.69, 9.17) is 0 Å². The zero-order valence-corrected chi connectivity index (χ0v) is 19.0. The Morgan fingerprint density at radius 1 is 1.03 bits per heavy atom. The van der Waals surface area contributed by atoms with E-state index < -0.39 is 5.41 Å². The largest absolute Gasteiger partial charge is 0.348 e. The second-order valence-corrected chi connectivity index (χ2v) is 8.76. The first kappa shape index (κ1) is 21.8. The first-order valence-electron chi connectivity index (χ1n) is 11.1. The van der Waals surface area contributed by atoms with Gasteiger partial charge in [0, 0.05) is 39.9 Å². The molecule has 0 N–H and O–H groups in total. The molecule has 1 aliphatic rings. The molecule has 1 atom stereocenters. The van der Waals surface area contributed by atoms with Crippen LogP contribution in [0.2, 0.25) is 0 Å². The number of hydrogen-bond acceptors (Lipinski definition) is 3. The number of aryl methyl sites for hydroxylation is 1. The molecule has 2 amide bonds. The summed E-state index contributed by atoms with van der Waals surface area (Å²) < 4.78 is 1.75. The summed E-state index contributed by atoms with van der Waals surface area (Å²) in [6.07, 6.45) is 3.05. The summed E-state index contributed by atoms with van der Waals surface area (Å²) in [4.78, 5) is 29.9. The Morgan fingerprint density at radius 3 is 2.47 bits per heavy atom. The van der Waals surface area contributed by atoms with E-state index in [1.807, 2.05) is 37.4 Å². The van der Waals surface area contributed by atoms with Gasteiger partial charge in [0.15, 0.2) is 0 Å². The van der Waals surface area contributed by atoms with Gasteiger partial charge < -0.3 is 9.80 Å². The second-order valence-electron chi connectivity index (χ2n) is 8.76. The Hall–Kier alpha value is -3.41. The smallest absolute Gasteiger partial charge is 0.274 e. The Labute approximate surface area is 189 Å². The molecule has 2 heterocycles. The van der Waals surface area contributed by atoms with Gasteiger partial charge in [0.25, 0.3) is 5.91 Å². The molecule has 1 fully saturated rings. The topological polar surface area (TPSA) is 58.4 Å². The van der Waals surface area contributed by atoms with Crippen molar-refractivity contribution in [3.8, 4) is 11.1 Å². The van der Waals surface area contributed by atoms with Gasteiger partial charge >= 0.3 is 0 Å². The molecule has 6 nitrogen and oxygen atoms in total. The molecule has 166 valence electrons. The van der Waals surface area contributed by atoms with E-state index in [1.54, 1.807) is 34.6 Å². The van der Waals surface area contributed by atoms with Gasteiger partial charge in [-0.05, 0) is 42.5 Å². The fourth-order valence-electron chi connectivity index (χ4n) is 4.61. The van der Waals surface area contributed by atoms with E-state index in [2.05, 4.69) is 35.4 Å². The van der Waals surface area contributed by atoms with E-state index in [1.165, 1.54) is 0 Å². The summed E-state index contributed by atoms with van der Waals surface area (Å²) >= 11 is 0. The van der Waals surface area contributed by atoms with E-state index in [-0.39, 0.29) is 11.8 Å². The van der Waals surface area contributed by atoms with E-state index in [0.717, 1.165) is 16.7 Å². The van der Waals surface area contributed by atoms with Crippen molar-refractivity contribution >= 4 is 11.8 Å². The summed E-state index contributed by atoms with van der Waals surface area (Å²) in [5.41, 5.74) is 3.18. The maximum Gasteiger partial charge on any atom is 0.274 e. The van der Waals surface area contributed by atoms with Crippen LogP contribution in [-0.4, -0.2) is 58.6 Å². The summed E-state index contributed by atoms with van der Waals surface area (Å²) in [5.74, 6) is -0.0410. The van der Waals surface area contributed by atoms with Crippen LogP contribution in [0.25, 0.3) is 11.1 Å². The normalized spacial score (nSPS) is 18.0. The molecule has 0 saturated carbocycles. The molecule has 2 aromatic carbocycles. The number of hydrogen-bond donors (Lipinski definition) is 0. The predicted octanol–water partition coefficient (Wildman–Crippen LogP) is 3.73. The molecule has 6 heteroatoms. The molecule has 0 bridgehead atoms. The molecular formula is C26H30N4O2. The summed E-state index contributed by atoms with van der Waals surface area (Å²) in [6.45, 7) is 3.66. The van der Waals surface area contributed by atoms with Crippen molar-refractivity contribution in [2.24, 2.45) is 5.41 Å². The van der Waals surface area contributed by atoms with Crippen LogP contribution < -0.4 is 0 Å². The van der Waals surface area contributed by atoms with Crippen molar-refractivity contribution in [3.63, 3.8) is 0 Å². The molecule has 1 saturated heterocycles. The summed E-state index contributed by atoms with van der Waals surface area (Å²) in [5, 5.41) is 4.36. The monoisotopic (exact) mass is 430 g/mol. The molecular weight excluding hydrogens is 400 g/mol. The molecule has 0 unspecified atom stereocenters. The number of aromatic nitrogens is 2. The van der Waals surface area contributed by atoms with Crippen LogP contribution in [0, 0.1) is 5.41 Å². The van der Waals surface area contributed by atoms with Crippen molar-refractivity contribution in [1.29, 1.82) is 0 Å². The standard InChI is InChI=1S/C26H30N4O2/c1-4-30-15-13-23(27-30)24(31)29-16-14-26(19-29,25(32)28(2)3)18-20-9-8-12-22(17-20)21-10-6-5-7-11-21/h5-13,15,17H,4,14,16,18-19H2,1-3H3/t26-/m0/s1. The maximum absolute atomic E-state index is 13.3. The lowest BCUT2D eigenvalue weighted by atomic mass is 9.79. The van der Waals surface area contributed by atoms with E-state index >= 15 is 0 Å². The molecule has 32 heavy (non-hydrogen) atoms. The highest BCUT2D eigenvalue weighted by molar-refractivity contribution is 5.93. The zero-order valence-electron chi connectivity index (χ0n) is 19.0. The van der Waals surface area contributed by atoms with Crippen LogP contribution in [0.1, 0.15) is 29.4 Å². The first-order chi connectivity index (χ1) is 15.4. The van der Waals surface area contributed by atoms with E-state index in [0.29, 0.717) is 38.2 Å². The number of carbonyl (C=O) groups is 2. The van der Waals surface area contributed by atoms with Gasteiger partial charge in [-0.1, -0.05) is 54.6 Å². The fraction of sp³-hybridized carbons (Fsp3) is 0.346. The Bertz CT molecular complexity index is 1110. The predicted molar refractivity (Wildman–Crippen MR) is 125 cm³/mol.